The number of nitrogens with one attached hydrogen (secondary N) is 2. The minimum absolute atomic E-state index is 0.0300. The number of fused-ring (bicyclic) bond motifs is 1. The molecule has 0 fully saturated rings. The Morgan fingerprint density at radius 2 is 2.00 bits per heavy atom. The number of amides is 1. The van der Waals surface area contributed by atoms with Crippen LogP contribution in [0.2, 0.25) is 0 Å². The Kier molecular flexibility index (Phi) is 8.06. The molecule has 0 aliphatic carbocycles. The zero-order chi connectivity index (χ0) is 22.9. The number of benzene rings is 2. The topological polar surface area (TPSA) is 133 Å². The number of anilines is 1. The van der Waals surface area contributed by atoms with Crippen LogP contribution in [-0.4, -0.2) is 55.2 Å². The first-order valence-corrected chi connectivity index (χ1v) is 10.6. The van der Waals surface area contributed by atoms with Crippen LogP contribution < -0.4 is 10.6 Å². The van der Waals surface area contributed by atoms with Gasteiger partial charge in [0.1, 0.15) is 0 Å². The number of nitrogens with zero attached hydrogens (tertiary/aromatic N) is 2. The van der Waals surface area contributed by atoms with Gasteiger partial charge < -0.3 is 20.1 Å². The van der Waals surface area contributed by atoms with E-state index in [2.05, 4.69) is 15.6 Å². The highest BCUT2D eigenvalue weighted by Gasteiger charge is 2.19. The van der Waals surface area contributed by atoms with Gasteiger partial charge in [0.25, 0.3) is 11.6 Å². The van der Waals surface area contributed by atoms with Crippen molar-refractivity contribution in [1.82, 2.24) is 10.3 Å². The monoisotopic (exact) mass is 458 g/mol. The molecule has 10 nitrogen and oxygen atoms in total. The van der Waals surface area contributed by atoms with Crippen LogP contribution in [0.4, 0.5) is 11.4 Å². The van der Waals surface area contributed by atoms with E-state index in [1.807, 2.05) is 24.3 Å². The maximum Gasteiger partial charge on any atom is 0.341 e. The molecule has 0 unspecified atom stereocenters. The summed E-state index contributed by atoms with van der Waals surface area (Å²) in [6.07, 6.45) is 0.553. The maximum atomic E-state index is 12.5. The fourth-order valence-electron chi connectivity index (χ4n) is 2.85. The molecule has 0 atom stereocenters. The molecule has 1 amide bonds. The maximum absolute atomic E-state index is 12.5. The smallest absolute Gasteiger partial charge is 0.341 e. The van der Waals surface area contributed by atoms with E-state index in [0.717, 1.165) is 21.3 Å². The molecule has 0 saturated carbocycles. The third-order valence-electron chi connectivity index (χ3n) is 4.39. The summed E-state index contributed by atoms with van der Waals surface area (Å²) in [4.78, 5) is 39.5. The van der Waals surface area contributed by atoms with Crippen molar-refractivity contribution in [2.75, 3.05) is 38.7 Å². The molecule has 2 N–H and O–H groups in total. The Balaban J connectivity index is 1.52. The van der Waals surface area contributed by atoms with Gasteiger partial charge in [-0.2, -0.15) is 0 Å². The van der Waals surface area contributed by atoms with Gasteiger partial charge in [0, 0.05) is 44.4 Å². The normalized spacial score (nSPS) is 10.7. The van der Waals surface area contributed by atoms with Crippen LogP contribution in [0.3, 0.4) is 0 Å². The number of aromatic nitrogens is 1. The molecule has 0 spiro atoms. The number of rotatable bonds is 11. The molecule has 3 rings (SSSR count). The summed E-state index contributed by atoms with van der Waals surface area (Å²) in [5.74, 6) is -1.31. The van der Waals surface area contributed by atoms with E-state index in [1.165, 1.54) is 19.2 Å². The van der Waals surface area contributed by atoms with Gasteiger partial charge >= 0.3 is 5.97 Å². The predicted molar refractivity (Wildman–Crippen MR) is 120 cm³/mol. The van der Waals surface area contributed by atoms with Crippen molar-refractivity contribution in [3.05, 3.63) is 63.1 Å². The largest absolute Gasteiger partial charge is 0.452 e. The second-order valence-corrected chi connectivity index (χ2v) is 7.77. The first kappa shape index (κ1) is 23.1. The summed E-state index contributed by atoms with van der Waals surface area (Å²) in [5.41, 5.74) is 0.987. The Bertz CT molecular complexity index is 1080. The Hall–Kier alpha value is -3.57. The van der Waals surface area contributed by atoms with Crippen molar-refractivity contribution in [1.29, 1.82) is 0 Å². The van der Waals surface area contributed by atoms with Gasteiger partial charge in [-0.25, -0.2) is 9.78 Å². The summed E-state index contributed by atoms with van der Waals surface area (Å²) in [6, 6.07) is 11.6. The molecule has 2 aromatic carbocycles. The molecule has 0 aliphatic rings. The lowest BCUT2D eigenvalue weighted by Crippen LogP contribution is -2.30. The zero-order valence-corrected chi connectivity index (χ0v) is 18.1. The van der Waals surface area contributed by atoms with Crippen LogP contribution in [0.25, 0.3) is 10.2 Å². The average Bonchev–Trinajstić information content (AvgIpc) is 3.20. The average molecular weight is 458 g/mol. The fourth-order valence-corrected chi connectivity index (χ4v) is 3.82. The van der Waals surface area contributed by atoms with Crippen molar-refractivity contribution < 1.29 is 24.0 Å². The number of methoxy groups -OCH3 is 1. The van der Waals surface area contributed by atoms with Gasteiger partial charge in [-0.15, -0.1) is 11.3 Å². The van der Waals surface area contributed by atoms with Crippen LogP contribution in [-0.2, 0) is 20.7 Å². The molecule has 32 heavy (non-hydrogen) atoms. The number of hydrogen-bond acceptors (Lipinski definition) is 9. The number of carbonyl (C=O) groups excluding carboxylic acids is 2. The third kappa shape index (κ3) is 6.22. The standard InChI is InChI=1S/C21H22N4O6S/c1-30-11-10-22-16-7-6-14(25(28)29)12-15(16)21(27)31-13-19(26)23-9-8-20-24-17-4-2-3-5-18(17)32-20/h2-7,12,22H,8-11,13H2,1H3,(H,23,26). The minimum Gasteiger partial charge on any atom is -0.452 e. The van der Waals surface area contributed by atoms with Crippen LogP contribution in [0, 0.1) is 10.1 Å². The van der Waals surface area contributed by atoms with E-state index in [0.29, 0.717) is 31.8 Å². The highest BCUT2D eigenvalue weighted by molar-refractivity contribution is 7.18. The molecule has 1 heterocycles. The number of carbonyl (C=O) groups is 2. The van der Waals surface area contributed by atoms with Crippen molar-refractivity contribution >= 4 is 44.8 Å². The first-order chi connectivity index (χ1) is 15.5. The number of nitro groups is 1. The van der Waals surface area contributed by atoms with Gasteiger partial charge in [-0.3, -0.25) is 14.9 Å². The van der Waals surface area contributed by atoms with Gasteiger partial charge in [0.15, 0.2) is 6.61 Å². The van der Waals surface area contributed by atoms with E-state index in [9.17, 15) is 19.7 Å². The molecular weight excluding hydrogens is 436 g/mol. The summed E-state index contributed by atoms with van der Waals surface area (Å²) in [6.45, 7) is 0.610. The Morgan fingerprint density at radius 3 is 2.75 bits per heavy atom. The highest BCUT2D eigenvalue weighted by Crippen LogP contribution is 2.23. The van der Waals surface area contributed by atoms with Crippen LogP contribution >= 0.6 is 11.3 Å². The fraction of sp³-hybridized carbons (Fsp3) is 0.286. The first-order valence-electron chi connectivity index (χ1n) is 9.77. The minimum atomic E-state index is -0.838. The SMILES string of the molecule is COCCNc1ccc([N+](=O)[O-])cc1C(=O)OCC(=O)NCCc1nc2ccccc2s1. The van der Waals surface area contributed by atoms with Crippen LogP contribution in [0.5, 0.6) is 0 Å². The predicted octanol–water partition coefficient (Wildman–Crippen LogP) is 2.78. The van der Waals surface area contributed by atoms with Crippen molar-refractivity contribution in [3.63, 3.8) is 0 Å². The molecule has 0 radical (unpaired) electrons. The lowest BCUT2D eigenvalue weighted by Gasteiger charge is -2.11. The Labute approximate surface area is 187 Å². The number of esters is 1. The molecule has 3 aromatic rings. The molecule has 0 bridgehead atoms. The molecule has 11 heteroatoms. The number of ether oxygens (including phenoxy) is 2. The second kappa shape index (κ2) is 11.2. The van der Waals surface area contributed by atoms with Crippen LogP contribution in [0.1, 0.15) is 15.4 Å². The quantitative estimate of drug-likeness (QED) is 0.194. The molecule has 0 saturated heterocycles. The van der Waals surface area contributed by atoms with E-state index in [4.69, 9.17) is 9.47 Å². The third-order valence-corrected chi connectivity index (χ3v) is 5.49. The number of hydrogen-bond donors (Lipinski definition) is 2. The van der Waals surface area contributed by atoms with Crippen LogP contribution in [0.15, 0.2) is 42.5 Å². The Morgan fingerprint density at radius 1 is 1.19 bits per heavy atom. The molecular formula is C21H22N4O6S. The van der Waals surface area contributed by atoms with E-state index in [-0.39, 0.29) is 11.3 Å². The van der Waals surface area contributed by atoms with Gasteiger partial charge in [-0.1, -0.05) is 12.1 Å². The second-order valence-electron chi connectivity index (χ2n) is 6.66. The highest BCUT2D eigenvalue weighted by atomic mass is 32.1. The summed E-state index contributed by atoms with van der Waals surface area (Å²) >= 11 is 1.56. The summed E-state index contributed by atoms with van der Waals surface area (Å²) in [5, 5.41) is 17.6. The van der Waals surface area contributed by atoms with E-state index < -0.39 is 23.4 Å². The molecule has 0 aliphatic heterocycles. The lowest BCUT2D eigenvalue weighted by atomic mass is 10.1. The van der Waals surface area contributed by atoms with E-state index in [1.54, 1.807) is 11.3 Å². The van der Waals surface area contributed by atoms with Gasteiger partial charge in [-0.05, 0) is 18.2 Å². The number of para-hydroxylation sites is 1. The molecule has 1 aromatic heterocycles. The summed E-state index contributed by atoms with van der Waals surface area (Å²) in [7, 11) is 1.53. The van der Waals surface area contributed by atoms with Crippen molar-refractivity contribution in [2.24, 2.45) is 0 Å². The number of non-ortho nitro benzene ring substituents is 1. The van der Waals surface area contributed by atoms with Gasteiger partial charge in [0.05, 0.1) is 32.3 Å². The van der Waals surface area contributed by atoms with Gasteiger partial charge in [0.2, 0.25) is 0 Å². The van der Waals surface area contributed by atoms with Crippen molar-refractivity contribution in [2.45, 2.75) is 6.42 Å². The zero-order valence-electron chi connectivity index (χ0n) is 17.3. The van der Waals surface area contributed by atoms with Crippen molar-refractivity contribution in [3.8, 4) is 0 Å². The number of thiazole rings is 1. The molecule has 168 valence electrons. The number of nitro benzene ring substituents is 1. The van der Waals surface area contributed by atoms with E-state index >= 15 is 0 Å². The summed E-state index contributed by atoms with van der Waals surface area (Å²) < 4.78 is 11.1. The lowest BCUT2D eigenvalue weighted by molar-refractivity contribution is -0.384.